The third kappa shape index (κ3) is 3.92. The summed E-state index contributed by atoms with van der Waals surface area (Å²) in [5.74, 6) is -0.283. The zero-order valence-corrected chi connectivity index (χ0v) is 12.0. The van der Waals surface area contributed by atoms with Gasteiger partial charge in [0.05, 0.1) is 34.8 Å². The molecular formula is C16H12N2O2S. The summed E-state index contributed by atoms with van der Waals surface area (Å²) in [6.07, 6.45) is 0. The minimum atomic E-state index is -3.37. The molecule has 104 valence electrons. The van der Waals surface area contributed by atoms with Crippen LogP contribution in [-0.2, 0) is 21.3 Å². The Morgan fingerprint density at radius 2 is 1.52 bits per heavy atom. The third-order valence-corrected chi connectivity index (χ3v) is 4.51. The Hall–Kier alpha value is -2.63. The van der Waals surface area contributed by atoms with Crippen LogP contribution >= 0.6 is 0 Å². The Morgan fingerprint density at radius 1 is 0.857 bits per heavy atom. The lowest BCUT2D eigenvalue weighted by atomic mass is 10.1. The third-order valence-electron chi connectivity index (χ3n) is 2.98. The van der Waals surface area contributed by atoms with Gasteiger partial charge in [0.2, 0.25) is 0 Å². The molecule has 0 spiro atoms. The van der Waals surface area contributed by atoms with E-state index in [9.17, 15) is 8.42 Å². The van der Waals surface area contributed by atoms with Gasteiger partial charge in [0, 0.05) is 0 Å². The van der Waals surface area contributed by atoms with E-state index in [0.29, 0.717) is 22.3 Å². The quantitative estimate of drug-likeness (QED) is 0.868. The summed E-state index contributed by atoms with van der Waals surface area (Å²) in [5.41, 5.74) is 2.00. The molecule has 0 aliphatic rings. The summed E-state index contributed by atoms with van der Waals surface area (Å²) in [7, 11) is -3.37. The Bertz CT molecular complexity index is 826. The summed E-state index contributed by atoms with van der Waals surface area (Å²) in [6.45, 7) is 0. The summed E-state index contributed by atoms with van der Waals surface area (Å²) in [4.78, 5) is 0. The van der Waals surface area contributed by atoms with Gasteiger partial charge in [-0.3, -0.25) is 0 Å². The van der Waals surface area contributed by atoms with Crippen LogP contribution < -0.4 is 0 Å². The molecule has 0 aromatic heterocycles. The first-order chi connectivity index (χ1) is 10.0. The molecule has 2 aromatic rings. The monoisotopic (exact) mass is 296 g/mol. The molecule has 0 heterocycles. The Balaban J connectivity index is 2.19. The Labute approximate surface area is 123 Å². The first kappa shape index (κ1) is 14.8. The fourth-order valence-corrected chi connectivity index (χ4v) is 3.50. The van der Waals surface area contributed by atoms with E-state index in [-0.39, 0.29) is 11.5 Å². The van der Waals surface area contributed by atoms with Crippen LogP contribution in [0.25, 0.3) is 0 Å². The van der Waals surface area contributed by atoms with Crippen LogP contribution in [0.2, 0.25) is 0 Å². The highest BCUT2D eigenvalue weighted by atomic mass is 32.2. The number of nitriles is 2. The van der Waals surface area contributed by atoms with Gasteiger partial charge in [0.15, 0.2) is 9.84 Å². The molecule has 4 nitrogen and oxygen atoms in total. The molecule has 0 amide bonds. The molecule has 0 saturated carbocycles. The molecule has 2 rings (SSSR count). The summed E-state index contributed by atoms with van der Waals surface area (Å²) in [5, 5.41) is 17.7. The number of hydrogen-bond donors (Lipinski definition) is 0. The van der Waals surface area contributed by atoms with Gasteiger partial charge in [-0.2, -0.15) is 10.5 Å². The summed E-state index contributed by atoms with van der Waals surface area (Å²) < 4.78 is 24.4. The first-order valence-corrected chi connectivity index (χ1v) is 8.04. The predicted molar refractivity (Wildman–Crippen MR) is 78.6 cm³/mol. The van der Waals surface area contributed by atoms with E-state index in [4.69, 9.17) is 10.5 Å². The van der Waals surface area contributed by atoms with Crippen molar-refractivity contribution in [1.29, 1.82) is 10.5 Å². The van der Waals surface area contributed by atoms with E-state index >= 15 is 0 Å². The zero-order valence-electron chi connectivity index (χ0n) is 11.2. The maximum absolute atomic E-state index is 12.2. The highest BCUT2D eigenvalue weighted by molar-refractivity contribution is 7.89. The van der Waals surface area contributed by atoms with E-state index < -0.39 is 9.84 Å². The second-order valence-electron chi connectivity index (χ2n) is 4.61. The fraction of sp³-hybridized carbons (Fsp3) is 0.125. The fourth-order valence-electron chi connectivity index (χ4n) is 1.97. The van der Waals surface area contributed by atoms with Crippen molar-refractivity contribution in [2.45, 2.75) is 11.5 Å². The van der Waals surface area contributed by atoms with Crippen molar-refractivity contribution in [3.05, 3.63) is 70.8 Å². The molecule has 0 radical (unpaired) electrons. The Morgan fingerprint density at radius 3 is 2.14 bits per heavy atom. The van der Waals surface area contributed by atoms with Crippen LogP contribution in [0.15, 0.2) is 48.5 Å². The first-order valence-electron chi connectivity index (χ1n) is 6.21. The van der Waals surface area contributed by atoms with Gasteiger partial charge in [0.25, 0.3) is 0 Å². The van der Waals surface area contributed by atoms with Crippen LogP contribution in [0.3, 0.4) is 0 Å². The molecular weight excluding hydrogens is 284 g/mol. The van der Waals surface area contributed by atoms with Crippen LogP contribution in [-0.4, -0.2) is 8.42 Å². The molecule has 0 N–H and O–H groups in total. The molecule has 0 aliphatic carbocycles. The maximum atomic E-state index is 12.2. The van der Waals surface area contributed by atoms with Gasteiger partial charge >= 0.3 is 0 Å². The number of benzene rings is 2. The smallest absolute Gasteiger partial charge is 0.158 e. The second-order valence-corrected chi connectivity index (χ2v) is 6.67. The van der Waals surface area contributed by atoms with Gasteiger partial charge in [-0.25, -0.2) is 8.42 Å². The van der Waals surface area contributed by atoms with Crippen molar-refractivity contribution in [3.8, 4) is 12.1 Å². The zero-order chi connectivity index (χ0) is 15.3. The van der Waals surface area contributed by atoms with Gasteiger partial charge < -0.3 is 0 Å². The SMILES string of the molecule is N#Cc1ccc(CS(=O)(=O)Cc2ccccc2C#N)cc1. The number of hydrogen-bond acceptors (Lipinski definition) is 4. The molecule has 0 atom stereocenters. The Kier molecular flexibility index (Phi) is 4.37. The predicted octanol–water partition coefficient (Wildman–Crippen LogP) is 2.54. The number of nitrogens with zero attached hydrogens (tertiary/aromatic N) is 2. The molecule has 21 heavy (non-hydrogen) atoms. The molecule has 2 aromatic carbocycles. The molecule has 0 unspecified atom stereocenters. The minimum absolute atomic E-state index is 0.113. The van der Waals surface area contributed by atoms with E-state index in [0.717, 1.165) is 0 Å². The lowest BCUT2D eigenvalue weighted by Gasteiger charge is -2.06. The average molecular weight is 296 g/mol. The molecule has 0 fully saturated rings. The summed E-state index contributed by atoms with van der Waals surface area (Å²) >= 11 is 0. The van der Waals surface area contributed by atoms with Crippen LogP contribution in [0, 0.1) is 22.7 Å². The van der Waals surface area contributed by atoms with Gasteiger partial charge in [-0.05, 0) is 29.3 Å². The highest BCUT2D eigenvalue weighted by Crippen LogP contribution is 2.16. The maximum Gasteiger partial charge on any atom is 0.158 e. The van der Waals surface area contributed by atoms with Gasteiger partial charge in [-0.1, -0.05) is 30.3 Å². The van der Waals surface area contributed by atoms with Crippen molar-refractivity contribution in [1.82, 2.24) is 0 Å². The van der Waals surface area contributed by atoms with E-state index in [1.165, 1.54) is 0 Å². The average Bonchev–Trinajstić information content (AvgIpc) is 2.47. The van der Waals surface area contributed by atoms with E-state index in [1.54, 1.807) is 48.5 Å². The van der Waals surface area contributed by atoms with E-state index in [1.807, 2.05) is 12.1 Å². The molecule has 0 bridgehead atoms. The standard InChI is InChI=1S/C16H12N2O2S/c17-9-13-5-7-14(8-6-13)11-21(19,20)12-16-4-2-1-3-15(16)10-18/h1-8H,11-12H2. The number of rotatable bonds is 4. The molecule has 0 saturated heterocycles. The van der Waals surface area contributed by atoms with Crippen LogP contribution in [0.1, 0.15) is 22.3 Å². The van der Waals surface area contributed by atoms with Crippen molar-refractivity contribution in [2.75, 3.05) is 0 Å². The lowest BCUT2D eigenvalue weighted by Crippen LogP contribution is -2.08. The molecule has 5 heteroatoms. The summed E-state index contributed by atoms with van der Waals surface area (Å²) in [6, 6.07) is 17.1. The topological polar surface area (TPSA) is 81.7 Å². The number of sulfone groups is 1. The van der Waals surface area contributed by atoms with E-state index in [2.05, 4.69) is 0 Å². The van der Waals surface area contributed by atoms with Crippen LogP contribution in [0.4, 0.5) is 0 Å². The van der Waals surface area contributed by atoms with Crippen molar-refractivity contribution in [2.24, 2.45) is 0 Å². The largest absolute Gasteiger partial charge is 0.228 e. The van der Waals surface area contributed by atoms with Crippen molar-refractivity contribution < 1.29 is 8.42 Å². The van der Waals surface area contributed by atoms with Gasteiger partial charge in [-0.15, -0.1) is 0 Å². The second kappa shape index (κ2) is 6.21. The van der Waals surface area contributed by atoms with Crippen molar-refractivity contribution in [3.63, 3.8) is 0 Å². The van der Waals surface area contributed by atoms with Crippen molar-refractivity contribution >= 4 is 9.84 Å². The lowest BCUT2D eigenvalue weighted by molar-refractivity contribution is 0.594. The molecule has 0 aliphatic heterocycles. The highest BCUT2D eigenvalue weighted by Gasteiger charge is 2.15. The normalized spacial score (nSPS) is 10.6. The van der Waals surface area contributed by atoms with Gasteiger partial charge in [0.1, 0.15) is 0 Å². The minimum Gasteiger partial charge on any atom is -0.228 e. The van der Waals surface area contributed by atoms with Crippen LogP contribution in [0.5, 0.6) is 0 Å².